The third-order valence-electron chi connectivity index (χ3n) is 5.14. The first-order valence-corrected chi connectivity index (χ1v) is 9.24. The fraction of sp³-hybridized carbons (Fsp3) is 0.136. The smallest absolute Gasteiger partial charge is 0.404 e. The van der Waals surface area contributed by atoms with E-state index >= 15 is 4.39 Å². The van der Waals surface area contributed by atoms with Crippen molar-refractivity contribution in [3.05, 3.63) is 88.2 Å². The number of primary amides is 2. The fourth-order valence-corrected chi connectivity index (χ4v) is 3.48. The number of nitrogens with two attached hydrogens (primary N) is 2. The van der Waals surface area contributed by atoms with E-state index < -0.39 is 69.2 Å². The summed E-state index contributed by atoms with van der Waals surface area (Å²) >= 11 is 0. The number of hydrogen-bond donors (Lipinski definition) is 2. The molecule has 0 aromatic heterocycles. The number of allylic oxidation sites excluding steroid dienone is 2. The average molecular weight is 481 g/mol. The van der Waals surface area contributed by atoms with Gasteiger partial charge in [0.2, 0.25) is 0 Å². The summed E-state index contributed by atoms with van der Waals surface area (Å²) in [7, 11) is 0. The fourth-order valence-electron chi connectivity index (χ4n) is 3.48. The number of alkyl halides is 4. The number of halogens is 6. The van der Waals surface area contributed by atoms with E-state index in [1.165, 1.54) is 0 Å². The maximum absolute atomic E-state index is 15.7. The van der Waals surface area contributed by atoms with Crippen molar-refractivity contribution in [1.82, 2.24) is 0 Å². The van der Waals surface area contributed by atoms with Gasteiger partial charge in [-0.15, -0.1) is 0 Å². The quantitative estimate of drug-likeness (QED) is 0.636. The summed E-state index contributed by atoms with van der Waals surface area (Å²) < 4.78 is 91.1. The molecule has 2 atom stereocenters. The molecule has 34 heavy (non-hydrogen) atoms. The van der Waals surface area contributed by atoms with Crippen molar-refractivity contribution in [2.24, 2.45) is 11.5 Å². The molecule has 0 fully saturated rings. The predicted molar refractivity (Wildman–Crippen MR) is 105 cm³/mol. The molecule has 1 aliphatic carbocycles. The Morgan fingerprint density at radius 3 is 2.29 bits per heavy atom. The Bertz CT molecular complexity index is 1300. The lowest BCUT2D eigenvalue weighted by Gasteiger charge is -2.39. The second-order valence-electron chi connectivity index (χ2n) is 7.12. The van der Waals surface area contributed by atoms with Crippen LogP contribution in [0, 0.1) is 23.0 Å². The van der Waals surface area contributed by atoms with Crippen LogP contribution >= 0.6 is 0 Å². The van der Waals surface area contributed by atoms with Crippen molar-refractivity contribution in [2.45, 2.75) is 17.8 Å². The standard InChI is InChI=1S/C22H13F6N3O3/c23-12-2-4-15(10(7-12)9-29)34-16-5-6-21(22(26,27)28,18(25)17(16)20(31)33)11-1-3-14(24)13(8-11)19(30)32/h1-8,18H,(H2,30,32)(H2,31,33). The van der Waals surface area contributed by atoms with Gasteiger partial charge in [-0.3, -0.25) is 9.59 Å². The van der Waals surface area contributed by atoms with Crippen LogP contribution in [0.2, 0.25) is 0 Å². The number of carbonyl (C=O) groups is 2. The van der Waals surface area contributed by atoms with Crippen molar-refractivity contribution >= 4 is 11.8 Å². The average Bonchev–Trinajstić information content (AvgIpc) is 2.74. The first-order chi connectivity index (χ1) is 15.8. The second kappa shape index (κ2) is 8.58. The molecule has 2 amide bonds. The Kier molecular flexibility index (Phi) is 6.15. The molecule has 2 aromatic carbocycles. The number of amides is 2. The van der Waals surface area contributed by atoms with Crippen molar-refractivity contribution in [1.29, 1.82) is 5.26 Å². The lowest BCUT2D eigenvalue weighted by Crippen LogP contribution is -2.52. The number of benzene rings is 2. The van der Waals surface area contributed by atoms with Gasteiger partial charge in [-0.05, 0) is 42.0 Å². The molecule has 0 bridgehead atoms. The van der Waals surface area contributed by atoms with Gasteiger partial charge in [0.05, 0.1) is 16.7 Å². The van der Waals surface area contributed by atoms with Crippen LogP contribution in [0.3, 0.4) is 0 Å². The van der Waals surface area contributed by atoms with E-state index in [1.54, 1.807) is 6.07 Å². The highest BCUT2D eigenvalue weighted by Gasteiger charge is 2.63. The summed E-state index contributed by atoms with van der Waals surface area (Å²) in [6.07, 6.45) is -7.73. The van der Waals surface area contributed by atoms with Crippen LogP contribution in [-0.4, -0.2) is 24.2 Å². The Labute approximate surface area is 187 Å². The first kappa shape index (κ1) is 24.4. The van der Waals surface area contributed by atoms with Crippen LogP contribution in [0.5, 0.6) is 5.75 Å². The predicted octanol–water partition coefficient (Wildman–Crippen LogP) is 3.46. The normalized spacial score (nSPS) is 20.1. The van der Waals surface area contributed by atoms with Crippen molar-refractivity contribution < 1.29 is 40.7 Å². The number of nitriles is 1. The zero-order chi connectivity index (χ0) is 25.4. The maximum Gasteiger partial charge on any atom is 0.404 e. The van der Waals surface area contributed by atoms with Crippen LogP contribution in [0.4, 0.5) is 26.3 Å². The van der Waals surface area contributed by atoms with Gasteiger partial charge in [0.1, 0.15) is 34.6 Å². The summed E-state index contributed by atoms with van der Waals surface area (Å²) in [4.78, 5) is 23.5. The number of nitrogens with zero attached hydrogens (tertiary/aromatic N) is 1. The third-order valence-corrected chi connectivity index (χ3v) is 5.14. The molecule has 12 heteroatoms. The molecule has 176 valence electrons. The number of ether oxygens (including phenoxy) is 1. The lowest BCUT2D eigenvalue weighted by molar-refractivity contribution is -0.189. The molecule has 0 heterocycles. The number of carbonyl (C=O) groups excluding carboxylic acids is 2. The van der Waals surface area contributed by atoms with E-state index in [-0.39, 0.29) is 5.75 Å². The van der Waals surface area contributed by atoms with E-state index in [2.05, 4.69) is 0 Å². The molecule has 6 nitrogen and oxygen atoms in total. The molecular formula is C22H13F6N3O3. The molecule has 0 radical (unpaired) electrons. The molecule has 0 saturated carbocycles. The maximum atomic E-state index is 15.7. The minimum absolute atomic E-state index is 0.313. The summed E-state index contributed by atoms with van der Waals surface area (Å²) in [6, 6.07) is 5.68. The van der Waals surface area contributed by atoms with E-state index in [4.69, 9.17) is 21.5 Å². The Balaban J connectivity index is 2.22. The zero-order valence-electron chi connectivity index (χ0n) is 16.8. The van der Waals surface area contributed by atoms with Gasteiger partial charge in [-0.25, -0.2) is 13.2 Å². The van der Waals surface area contributed by atoms with Crippen LogP contribution in [0.25, 0.3) is 0 Å². The van der Waals surface area contributed by atoms with Crippen molar-refractivity contribution in [3.8, 4) is 11.8 Å². The molecule has 0 aliphatic heterocycles. The highest BCUT2D eigenvalue weighted by molar-refractivity contribution is 5.95. The second-order valence-corrected chi connectivity index (χ2v) is 7.12. The number of hydrogen-bond acceptors (Lipinski definition) is 4. The van der Waals surface area contributed by atoms with E-state index in [0.29, 0.717) is 30.4 Å². The number of rotatable bonds is 5. The van der Waals surface area contributed by atoms with E-state index in [9.17, 15) is 31.5 Å². The largest absolute Gasteiger partial charge is 0.455 e. The van der Waals surface area contributed by atoms with Gasteiger partial charge < -0.3 is 16.2 Å². The van der Waals surface area contributed by atoms with Crippen LogP contribution in [0.1, 0.15) is 21.5 Å². The molecule has 0 saturated heterocycles. The summed E-state index contributed by atoms with van der Waals surface area (Å²) in [5.41, 5.74) is 3.07. The van der Waals surface area contributed by atoms with Crippen LogP contribution < -0.4 is 16.2 Å². The zero-order valence-corrected chi connectivity index (χ0v) is 16.8. The van der Waals surface area contributed by atoms with Gasteiger partial charge in [0.15, 0.2) is 6.17 Å². The van der Waals surface area contributed by atoms with E-state index in [1.807, 2.05) is 0 Å². The lowest BCUT2D eigenvalue weighted by atomic mass is 9.70. The van der Waals surface area contributed by atoms with Gasteiger partial charge in [-0.1, -0.05) is 12.1 Å². The highest BCUT2D eigenvalue weighted by Crippen LogP contribution is 2.51. The first-order valence-electron chi connectivity index (χ1n) is 9.24. The summed E-state index contributed by atoms with van der Waals surface area (Å²) in [5, 5.41) is 9.12. The Morgan fingerprint density at radius 2 is 1.74 bits per heavy atom. The Hall–Kier alpha value is -4.27. The van der Waals surface area contributed by atoms with Crippen LogP contribution in [0.15, 0.2) is 59.9 Å². The molecule has 4 N–H and O–H groups in total. The minimum Gasteiger partial charge on any atom is -0.455 e. The van der Waals surface area contributed by atoms with Gasteiger partial charge in [0, 0.05) is 0 Å². The van der Waals surface area contributed by atoms with Crippen molar-refractivity contribution in [3.63, 3.8) is 0 Å². The highest BCUT2D eigenvalue weighted by atomic mass is 19.4. The molecule has 1 aliphatic rings. The van der Waals surface area contributed by atoms with Crippen molar-refractivity contribution in [2.75, 3.05) is 0 Å². The summed E-state index contributed by atoms with van der Waals surface area (Å²) in [6.45, 7) is 0. The monoisotopic (exact) mass is 481 g/mol. The molecular weight excluding hydrogens is 468 g/mol. The molecule has 3 rings (SSSR count). The van der Waals surface area contributed by atoms with Gasteiger partial charge in [-0.2, -0.15) is 18.4 Å². The Morgan fingerprint density at radius 1 is 1.06 bits per heavy atom. The van der Waals surface area contributed by atoms with Gasteiger partial charge >= 0.3 is 6.18 Å². The topological polar surface area (TPSA) is 119 Å². The molecule has 0 spiro atoms. The summed E-state index contributed by atoms with van der Waals surface area (Å²) in [5.74, 6) is -6.24. The molecule has 2 unspecified atom stereocenters. The SMILES string of the molecule is N#Cc1cc(F)ccc1OC1=C(C(N)=O)C(F)C(c2ccc(F)c(C(N)=O)c2)(C(F)(F)F)C=C1. The van der Waals surface area contributed by atoms with Gasteiger partial charge in [0.25, 0.3) is 11.8 Å². The molecule has 2 aromatic rings. The third kappa shape index (κ3) is 3.96. The van der Waals surface area contributed by atoms with Crippen LogP contribution in [-0.2, 0) is 10.2 Å². The minimum atomic E-state index is -5.42. The van der Waals surface area contributed by atoms with E-state index in [0.717, 1.165) is 18.2 Å².